The molecule has 2 aliphatic rings. The van der Waals surface area contributed by atoms with Crippen LogP contribution in [0.4, 0.5) is 11.4 Å². The molecule has 6 heteroatoms. The number of carboxylic acid groups (broad SMARTS) is 1. The van der Waals surface area contributed by atoms with E-state index in [1.807, 2.05) is 36.0 Å². The number of aromatic carboxylic acids is 1. The maximum atomic E-state index is 12.0. The van der Waals surface area contributed by atoms with Gasteiger partial charge in [-0.1, -0.05) is 0 Å². The van der Waals surface area contributed by atoms with Crippen LogP contribution >= 0.6 is 0 Å². The number of hydrogen-bond donors (Lipinski definition) is 3. The summed E-state index contributed by atoms with van der Waals surface area (Å²) in [6.07, 6.45) is 2.56. The number of piperidine rings is 1. The molecule has 1 aliphatic carbocycles. The van der Waals surface area contributed by atoms with E-state index >= 15 is 0 Å². The van der Waals surface area contributed by atoms with E-state index in [1.165, 1.54) is 0 Å². The molecule has 2 fully saturated rings. The van der Waals surface area contributed by atoms with Crippen molar-refractivity contribution in [2.45, 2.75) is 31.8 Å². The number of carbonyl (C=O) groups is 1. The molecular weight excluding hydrogens is 308 g/mol. The van der Waals surface area contributed by atoms with Crippen LogP contribution in [0.15, 0.2) is 17.7 Å². The molecule has 0 radical (unpaired) electrons. The van der Waals surface area contributed by atoms with E-state index in [0.29, 0.717) is 42.9 Å². The fraction of sp³-hybridized carbons (Fsp3) is 0.500. The normalized spacial score (nSPS) is 17.8. The highest BCUT2D eigenvalue weighted by Crippen LogP contribution is 2.42. The summed E-state index contributed by atoms with van der Waals surface area (Å²) in [5.41, 5.74) is 2.78. The van der Waals surface area contributed by atoms with E-state index in [0.717, 1.165) is 18.4 Å². The van der Waals surface area contributed by atoms with Crippen molar-refractivity contribution >= 4 is 23.1 Å². The molecule has 0 bridgehead atoms. The van der Waals surface area contributed by atoms with Gasteiger partial charge in [-0.25, -0.2) is 4.79 Å². The molecule has 1 aromatic rings. The number of aliphatic hydroxyl groups excluding tert-OH is 2. The molecule has 0 amide bonds. The van der Waals surface area contributed by atoms with E-state index < -0.39 is 5.97 Å². The van der Waals surface area contributed by atoms with E-state index in [9.17, 15) is 20.1 Å². The molecule has 6 nitrogen and oxygen atoms in total. The lowest BCUT2D eigenvalue weighted by atomic mass is 9.97. The van der Waals surface area contributed by atoms with Crippen LogP contribution in [-0.2, 0) is 0 Å². The van der Waals surface area contributed by atoms with Crippen molar-refractivity contribution in [2.24, 2.45) is 0 Å². The highest BCUT2D eigenvalue weighted by Gasteiger charge is 2.30. The standard InChI is InChI=1S/C18H24N2O4/c1-19(2)13-5-6-14(20-9-7-12(21)8-10-20)16(18(23)24)15(13)17(22)11-3-4-11/h5-6,12,21-22H,3-4,7-10H2,1-2H3,(H,23,24). The lowest BCUT2D eigenvalue weighted by Gasteiger charge is -2.33. The summed E-state index contributed by atoms with van der Waals surface area (Å²) in [5.74, 6) is -0.933. The Bertz CT molecular complexity index is 683. The van der Waals surface area contributed by atoms with E-state index in [2.05, 4.69) is 0 Å². The summed E-state index contributed by atoms with van der Waals surface area (Å²) in [4.78, 5) is 15.9. The van der Waals surface area contributed by atoms with Crippen molar-refractivity contribution in [3.05, 3.63) is 28.8 Å². The van der Waals surface area contributed by atoms with Gasteiger partial charge in [0.1, 0.15) is 5.76 Å². The molecule has 0 aromatic heterocycles. The van der Waals surface area contributed by atoms with E-state index in [1.54, 1.807) is 0 Å². The summed E-state index contributed by atoms with van der Waals surface area (Å²) in [5, 5.41) is 30.2. The summed E-state index contributed by atoms with van der Waals surface area (Å²) in [6.45, 7) is 1.22. The van der Waals surface area contributed by atoms with Crippen LogP contribution in [0.5, 0.6) is 0 Å². The van der Waals surface area contributed by atoms with Crippen LogP contribution in [0, 0.1) is 0 Å². The second-order valence-corrected chi connectivity index (χ2v) is 6.72. The van der Waals surface area contributed by atoms with Gasteiger partial charge in [-0.3, -0.25) is 0 Å². The molecule has 3 rings (SSSR count). The van der Waals surface area contributed by atoms with Gasteiger partial charge in [0.05, 0.1) is 22.9 Å². The zero-order chi connectivity index (χ0) is 17.4. The number of anilines is 2. The minimum atomic E-state index is -1.04. The van der Waals surface area contributed by atoms with Gasteiger partial charge in [0.15, 0.2) is 0 Å². The molecular formula is C18H24N2O4. The third-order valence-electron chi connectivity index (χ3n) is 4.73. The Kier molecular flexibility index (Phi) is 4.41. The van der Waals surface area contributed by atoms with Crippen LogP contribution in [0.3, 0.4) is 0 Å². The average Bonchev–Trinajstić information content (AvgIpc) is 3.38. The Morgan fingerprint density at radius 3 is 2.25 bits per heavy atom. The zero-order valence-electron chi connectivity index (χ0n) is 14.1. The van der Waals surface area contributed by atoms with Crippen LogP contribution in [0.25, 0.3) is 5.76 Å². The lowest BCUT2D eigenvalue weighted by molar-refractivity contribution is 0.0696. The number of allylic oxidation sites excluding steroid dienone is 1. The molecule has 0 atom stereocenters. The molecule has 1 aliphatic heterocycles. The van der Waals surface area contributed by atoms with E-state index in [4.69, 9.17) is 0 Å². The van der Waals surface area contributed by atoms with Gasteiger partial charge >= 0.3 is 5.97 Å². The number of carboxylic acids is 1. The average molecular weight is 332 g/mol. The van der Waals surface area contributed by atoms with Crippen molar-refractivity contribution in [3.8, 4) is 0 Å². The van der Waals surface area contributed by atoms with Gasteiger partial charge in [-0.2, -0.15) is 0 Å². The third-order valence-corrected chi connectivity index (χ3v) is 4.73. The van der Waals surface area contributed by atoms with Crippen molar-refractivity contribution < 1.29 is 20.1 Å². The Morgan fingerprint density at radius 1 is 1.12 bits per heavy atom. The first kappa shape index (κ1) is 16.6. The van der Waals surface area contributed by atoms with Crippen LogP contribution < -0.4 is 9.80 Å². The van der Waals surface area contributed by atoms with E-state index in [-0.39, 0.29) is 17.4 Å². The van der Waals surface area contributed by atoms with Crippen molar-refractivity contribution in [2.75, 3.05) is 37.0 Å². The topological polar surface area (TPSA) is 84.2 Å². The van der Waals surface area contributed by atoms with Gasteiger partial charge in [0, 0.05) is 32.9 Å². The molecule has 1 saturated carbocycles. The van der Waals surface area contributed by atoms with Gasteiger partial charge < -0.3 is 25.1 Å². The SMILES string of the molecule is CN(C)c1ccc(N2CCC(O)CC2)c(C(=O)O)c1C(O)=C1CC1. The zero-order valence-corrected chi connectivity index (χ0v) is 14.1. The van der Waals surface area contributed by atoms with Crippen molar-refractivity contribution in [1.82, 2.24) is 0 Å². The maximum Gasteiger partial charge on any atom is 0.338 e. The Hall–Kier alpha value is -2.21. The highest BCUT2D eigenvalue weighted by molar-refractivity contribution is 6.02. The largest absolute Gasteiger partial charge is 0.507 e. The summed E-state index contributed by atoms with van der Waals surface area (Å²) >= 11 is 0. The molecule has 3 N–H and O–H groups in total. The molecule has 1 aromatic carbocycles. The first-order valence-corrected chi connectivity index (χ1v) is 8.32. The molecule has 0 unspecified atom stereocenters. The second-order valence-electron chi connectivity index (χ2n) is 6.72. The van der Waals surface area contributed by atoms with Gasteiger partial charge in [0.25, 0.3) is 0 Å². The minimum absolute atomic E-state index is 0.106. The lowest BCUT2D eigenvalue weighted by Crippen LogP contribution is -2.37. The minimum Gasteiger partial charge on any atom is -0.507 e. The summed E-state index contributed by atoms with van der Waals surface area (Å²) < 4.78 is 0. The van der Waals surface area contributed by atoms with Crippen LogP contribution in [0.1, 0.15) is 41.6 Å². The number of rotatable bonds is 4. The molecule has 0 spiro atoms. The van der Waals surface area contributed by atoms with Gasteiger partial charge in [-0.05, 0) is 43.4 Å². The monoisotopic (exact) mass is 332 g/mol. The molecule has 130 valence electrons. The maximum absolute atomic E-state index is 12.0. The van der Waals surface area contributed by atoms with Gasteiger partial charge in [0.2, 0.25) is 0 Å². The number of benzene rings is 1. The Labute approximate surface area is 141 Å². The Morgan fingerprint density at radius 2 is 1.75 bits per heavy atom. The quantitative estimate of drug-likeness (QED) is 0.735. The second kappa shape index (κ2) is 6.36. The van der Waals surface area contributed by atoms with Crippen molar-refractivity contribution in [3.63, 3.8) is 0 Å². The van der Waals surface area contributed by atoms with Gasteiger partial charge in [-0.15, -0.1) is 0 Å². The predicted octanol–water partition coefficient (Wildman–Crippen LogP) is 2.47. The fourth-order valence-electron chi connectivity index (χ4n) is 3.26. The number of hydrogen-bond acceptors (Lipinski definition) is 5. The summed E-state index contributed by atoms with van der Waals surface area (Å²) in [6, 6.07) is 3.67. The van der Waals surface area contributed by atoms with Crippen LogP contribution in [-0.4, -0.2) is 54.6 Å². The number of nitrogens with zero attached hydrogens (tertiary/aromatic N) is 2. The molecule has 1 saturated heterocycles. The molecule has 24 heavy (non-hydrogen) atoms. The first-order chi connectivity index (χ1) is 11.4. The highest BCUT2D eigenvalue weighted by atomic mass is 16.4. The van der Waals surface area contributed by atoms with Crippen molar-refractivity contribution in [1.29, 1.82) is 0 Å². The predicted molar refractivity (Wildman–Crippen MR) is 94.0 cm³/mol. The van der Waals surface area contributed by atoms with Crippen LogP contribution in [0.2, 0.25) is 0 Å². The summed E-state index contributed by atoms with van der Waals surface area (Å²) in [7, 11) is 3.68. The Balaban J connectivity index is 2.15. The fourth-order valence-corrected chi connectivity index (χ4v) is 3.26. The first-order valence-electron chi connectivity index (χ1n) is 8.32. The number of aliphatic hydroxyl groups is 2. The molecule has 1 heterocycles. The smallest absolute Gasteiger partial charge is 0.338 e. The third kappa shape index (κ3) is 3.06.